The van der Waals surface area contributed by atoms with Crippen molar-refractivity contribution in [2.75, 3.05) is 41.6 Å². The summed E-state index contributed by atoms with van der Waals surface area (Å²) in [5.74, 6) is 4.46. The first-order valence-electron chi connectivity index (χ1n) is 18.7. The Morgan fingerprint density at radius 3 is 1.97 bits per heavy atom. The molecular formula is C42H41ClN14O2. The zero-order valence-electron chi connectivity index (χ0n) is 32.8. The number of nitrogens with zero attached hydrogens (tertiary/aromatic N) is 10. The van der Waals surface area contributed by atoms with Crippen LogP contribution in [0, 0.1) is 20.8 Å². The molecule has 0 saturated heterocycles. The Morgan fingerprint density at radius 2 is 1.31 bits per heavy atom. The maximum Gasteiger partial charge on any atom is 0.213 e. The highest BCUT2D eigenvalue weighted by Gasteiger charge is 2.15. The highest BCUT2D eigenvalue weighted by molar-refractivity contribution is 6.33. The van der Waals surface area contributed by atoms with Crippen LogP contribution in [0.5, 0.6) is 5.75 Å². The zero-order chi connectivity index (χ0) is 40.7. The maximum atomic E-state index is 6.47. The SMILES string of the molecule is COCCOc1ccc(Nc2cc(-n3ccnc3Nc3c(C)ccc(Cn4cc(Nc5cc(-n6ccnc6Nc6c(C)cccc6Cl)ncn5)cn4)c3C)ncn2)cc1. The van der Waals surface area contributed by atoms with Gasteiger partial charge in [0, 0.05) is 61.6 Å². The first-order valence-corrected chi connectivity index (χ1v) is 19.1. The van der Waals surface area contributed by atoms with E-state index in [9.17, 15) is 0 Å². The molecule has 0 unspecified atom stereocenters. The number of methoxy groups -OCH3 is 1. The molecular weight excluding hydrogens is 768 g/mol. The molecule has 59 heavy (non-hydrogen) atoms. The molecule has 5 aromatic heterocycles. The van der Waals surface area contributed by atoms with Crippen molar-refractivity contribution in [2.24, 2.45) is 0 Å². The van der Waals surface area contributed by atoms with Crippen LogP contribution in [0.4, 0.5) is 46.3 Å². The maximum absolute atomic E-state index is 6.47. The number of hydrogen-bond donors (Lipinski definition) is 4. The number of halogens is 1. The van der Waals surface area contributed by atoms with Gasteiger partial charge in [0.2, 0.25) is 11.9 Å². The minimum atomic E-state index is 0.487. The number of hydrogen-bond acceptors (Lipinski definition) is 13. The average Bonchev–Trinajstić information content (AvgIpc) is 4.02. The smallest absolute Gasteiger partial charge is 0.213 e. The highest BCUT2D eigenvalue weighted by Crippen LogP contribution is 2.31. The van der Waals surface area contributed by atoms with Gasteiger partial charge in [0.1, 0.15) is 48.3 Å². The third kappa shape index (κ3) is 8.98. The fourth-order valence-corrected chi connectivity index (χ4v) is 6.65. The second kappa shape index (κ2) is 17.5. The van der Waals surface area contributed by atoms with Gasteiger partial charge in [0.15, 0.2) is 0 Å². The average molecular weight is 809 g/mol. The van der Waals surface area contributed by atoms with Crippen molar-refractivity contribution in [3.05, 3.63) is 144 Å². The number of ether oxygens (including phenoxy) is 2. The summed E-state index contributed by atoms with van der Waals surface area (Å²) < 4.78 is 16.3. The lowest BCUT2D eigenvalue weighted by Gasteiger charge is -2.17. The van der Waals surface area contributed by atoms with Crippen LogP contribution in [0.3, 0.4) is 0 Å². The lowest BCUT2D eigenvalue weighted by Crippen LogP contribution is -2.08. The first kappa shape index (κ1) is 38.6. The molecule has 16 nitrogen and oxygen atoms in total. The molecule has 0 amide bonds. The topological polar surface area (TPSA) is 172 Å². The molecule has 0 aliphatic rings. The van der Waals surface area contributed by atoms with E-state index >= 15 is 0 Å². The van der Waals surface area contributed by atoms with Gasteiger partial charge in [-0.2, -0.15) is 5.10 Å². The van der Waals surface area contributed by atoms with E-state index in [1.807, 2.05) is 93.9 Å². The van der Waals surface area contributed by atoms with Gasteiger partial charge in [0.25, 0.3) is 0 Å². The molecule has 0 spiro atoms. The van der Waals surface area contributed by atoms with Crippen LogP contribution < -0.4 is 26.0 Å². The van der Waals surface area contributed by atoms with Crippen LogP contribution in [-0.4, -0.2) is 69.1 Å². The molecule has 5 heterocycles. The van der Waals surface area contributed by atoms with E-state index in [-0.39, 0.29) is 0 Å². The minimum Gasteiger partial charge on any atom is -0.491 e. The standard InChI is InChI=1S/C42H41ClN14O2/c1-27-6-5-7-34(43)40(27)54-42-45-15-17-57(42)38-21-36(47-26-49-38)52-32-22-50-55(24-32)23-30-9-8-28(2)39(29(30)3)53-41-44-14-16-56(41)37-20-35(46-25-48-37)51-31-10-12-33(13-11-31)59-19-18-58-4/h5-17,20-22,24-26H,18-19,23H2,1-4H3,(H,44,53)(H,45,54)(H,46,48,51)(H,47,49,52). The summed E-state index contributed by atoms with van der Waals surface area (Å²) in [7, 11) is 1.65. The number of benzene rings is 3. The minimum absolute atomic E-state index is 0.487. The van der Waals surface area contributed by atoms with Crippen LogP contribution in [0.15, 0.2) is 117 Å². The third-order valence-electron chi connectivity index (χ3n) is 9.48. The van der Waals surface area contributed by atoms with Gasteiger partial charge in [-0.3, -0.25) is 13.8 Å². The molecule has 0 bridgehead atoms. The molecule has 298 valence electrons. The van der Waals surface area contributed by atoms with E-state index in [1.165, 1.54) is 12.7 Å². The van der Waals surface area contributed by atoms with E-state index in [1.54, 1.807) is 25.7 Å². The number of anilines is 8. The fourth-order valence-electron chi connectivity index (χ4n) is 6.39. The number of imidazole rings is 2. The van der Waals surface area contributed by atoms with Crippen molar-refractivity contribution in [3.8, 4) is 17.4 Å². The number of para-hydroxylation sites is 1. The third-order valence-corrected chi connectivity index (χ3v) is 9.80. The van der Waals surface area contributed by atoms with E-state index in [0.29, 0.717) is 59.9 Å². The molecule has 0 radical (unpaired) electrons. The van der Waals surface area contributed by atoms with Gasteiger partial charge in [0.05, 0.1) is 35.7 Å². The van der Waals surface area contributed by atoms with E-state index in [4.69, 9.17) is 21.1 Å². The Morgan fingerprint density at radius 1 is 0.661 bits per heavy atom. The number of aryl methyl sites for hydroxylation is 2. The molecule has 0 aliphatic carbocycles. The van der Waals surface area contributed by atoms with Crippen LogP contribution in [0.2, 0.25) is 5.02 Å². The van der Waals surface area contributed by atoms with Gasteiger partial charge in [-0.15, -0.1) is 0 Å². The van der Waals surface area contributed by atoms with Crippen molar-refractivity contribution in [1.29, 1.82) is 0 Å². The Labute approximate surface area is 345 Å². The lowest BCUT2D eigenvalue weighted by atomic mass is 10.0. The second-order valence-corrected chi connectivity index (χ2v) is 13.9. The van der Waals surface area contributed by atoms with Gasteiger partial charge in [-0.1, -0.05) is 35.9 Å². The molecule has 4 N–H and O–H groups in total. The lowest BCUT2D eigenvalue weighted by molar-refractivity contribution is 0.146. The summed E-state index contributed by atoms with van der Waals surface area (Å²) >= 11 is 6.47. The van der Waals surface area contributed by atoms with Gasteiger partial charge in [-0.25, -0.2) is 29.9 Å². The summed E-state index contributed by atoms with van der Waals surface area (Å²) in [4.78, 5) is 27.0. The molecule has 0 fully saturated rings. The number of nitrogens with one attached hydrogen (secondary N) is 4. The van der Waals surface area contributed by atoms with Crippen molar-refractivity contribution in [1.82, 2.24) is 48.8 Å². The van der Waals surface area contributed by atoms with Crippen LogP contribution in [0.25, 0.3) is 11.6 Å². The van der Waals surface area contributed by atoms with Crippen LogP contribution in [-0.2, 0) is 11.3 Å². The van der Waals surface area contributed by atoms with Gasteiger partial charge < -0.3 is 30.7 Å². The highest BCUT2D eigenvalue weighted by atomic mass is 35.5. The van der Waals surface area contributed by atoms with E-state index in [2.05, 4.69) is 82.2 Å². The van der Waals surface area contributed by atoms with Gasteiger partial charge >= 0.3 is 0 Å². The predicted octanol–water partition coefficient (Wildman–Crippen LogP) is 8.46. The molecule has 8 aromatic rings. The quantitative estimate of drug-likeness (QED) is 0.0686. The van der Waals surface area contributed by atoms with Crippen molar-refractivity contribution < 1.29 is 9.47 Å². The zero-order valence-corrected chi connectivity index (χ0v) is 33.5. The first-order chi connectivity index (χ1) is 28.8. The Kier molecular flexibility index (Phi) is 11.4. The van der Waals surface area contributed by atoms with Gasteiger partial charge in [-0.05, 0) is 73.4 Å². The summed E-state index contributed by atoms with van der Waals surface area (Å²) in [5, 5.41) is 18.8. The predicted molar refractivity (Wildman–Crippen MR) is 229 cm³/mol. The van der Waals surface area contributed by atoms with Crippen LogP contribution in [0.1, 0.15) is 22.3 Å². The van der Waals surface area contributed by atoms with E-state index in [0.717, 1.165) is 50.8 Å². The molecule has 17 heteroatoms. The molecule has 0 atom stereocenters. The Balaban J connectivity index is 0.936. The Hall–Kier alpha value is -7.30. The van der Waals surface area contributed by atoms with Crippen molar-refractivity contribution >= 4 is 57.9 Å². The summed E-state index contributed by atoms with van der Waals surface area (Å²) in [6.45, 7) is 7.70. The normalized spacial score (nSPS) is 11.1. The molecule has 0 aliphatic heterocycles. The summed E-state index contributed by atoms with van der Waals surface area (Å²) in [6, 6.07) is 21.3. The fraction of sp³-hybridized carbons (Fsp3) is 0.167. The summed E-state index contributed by atoms with van der Waals surface area (Å²) in [6.07, 6.45) is 13.9. The summed E-state index contributed by atoms with van der Waals surface area (Å²) in [5.41, 5.74) is 7.61. The van der Waals surface area contributed by atoms with Crippen molar-refractivity contribution in [2.45, 2.75) is 27.3 Å². The molecule has 3 aromatic carbocycles. The number of rotatable bonds is 16. The molecule has 8 rings (SSSR count). The monoisotopic (exact) mass is 808 g/mol. The van der Waals surface area contributed by atoms with Crippen molar-refractivity contribution in [3.63, 3.8) is 0 Å². The molecule has 0 saturated carbocycles. The Bertz CT molecular complexity index is 2670. The number of aromatic nitrogens is 10. The second-order valence-electron chi connectivity index (χ2n) is 13.5. The van der Waals surface area contributed by atoms with Crippen LogP contribution >= 0.6 is 11.6 Å². The largest absolute Gasteiger partial charge is 0.491 e. The van der Waals surface area contributed by atoms with E-state index < -0.39 is 0 Å².